The van der Waals surface area contributed by atoms with Crippen LogP contribution >= 0.6 is 0 Å². The second-order valence-corrected chi connectivity index (χ2v) is 4.52. The molecule has 1 saturated carbocycles. The summed E-state index contributed by atoms with van der Waals surface area (Å²) in [4.78, 5) is 0. The van der Waals surface area contributed by atoms with Crippen molar-refractivity contribution >= 4 is 0 Å². The molecule has 1 spiro atoms. The lowest BCUT2D eigenvalue weighted by Gasteiger charge is -2.28. The fraction of sp³-hybridized carbons (Fsp3) is 0.800. The molecule has 2 bridgehead atoms. The van der Waals surface area contributed by atoms with Crippen molar-refractivity contribution in [1.82, 2.24) is 0 Å². The average Bonchev–Trinajstić information content (AvgIpc) is 2.67. The minimum absolute atomic E-state index is 0.318. The van der Waals surface area contributed by atoms with Gasteiger partial charge in [-0.3, -0.25) is 0 Å². The highest BCUT2D eigenvalue weighted by atomic mass is 16.6. The van der Waals surface area contributed by atoms with Gasteiger partial charge in [-0.05, 0) is 24.7 Å². The van der Waals surface area contributed by atoms with Crippen molar-refractivity contribution in [3.05, 3.63) is 12.2 Å². The molecule has 2 aliphatic carbocycles. The summed E-state index contributed by atoms with van der Waals surface area (Å²) >= 11 is 0. The lowest BCUT2D eigenvalue weighted by Crippen LogP contribution is -2.26. The summed E-state index contributed by atoms with van der Waals surface area (Å²) < 4.78 is 5.26. The van der Waals surface area contributed by atoms with E-state index in [1.807, 2.05) is 0 Å². The van der Waals surface area contributed by atoms with Gasteiger partial charge in [0, 0.05) is 11.8 Å². The Morgan fingerprint density at radius 1 is 1.33 bits per heavy atom. The van der Waals surface area contributed by atoms with Crippen molar-refractivity contribution in [3.8, 4) is 0 Å². The summed E-state index contributed by atoms with van der Waals surface area (Å²) in [6.07, 6.45) is 7.58. The number of aliphatic hydroxyl groups excluding tert-OH is 1. The van der Waals surface area contributed by atoms with Crippen LogP contribution in [-0.2, 0) is 4.74 Å². The first-order valence-corrected chi connectivity index (χ1v) is 4.76. The van der Waals surface area contributed by atoms with E-state index in [2.05, 4.69) is 12.2 Å². The van der Waals surface area contributed by atoms with Gasteiger partial charge >= 0.3 is 0 Å². The molecule has 2 heteroatoms. The molecular weight excluding hydrogens is 152 g/mol. The number of aliphatic hydroxyl groups is 1. The van der Waals surface area contributed by atoms with Gasteiger partial charge in [-0.25, -0.2) is 0 Å². The molecule has 4 atom stereocenters. The van der Waals surface area contributed by atoms with E-state index in [0.717, 1.165) is 18.9 Å². The van der Waals surface area contributed by atoms with Crippen LogP contribution in [0, 0.1) is 17.3 Å². The monoisotopic (exact) mass is 166 g/mol. The standard InChI is InChI=1S/C10H14O2/c11-9-5-10(6-12-9)4-7-1-2-8(10)3-7/h1-2,7-9,11H,3-6H2. The zero-order chi connectivity index (χ0) is 8.18. The predicted molar refractivity (Wildman–Crippen MR) is 44.4 cm³/mol. The van der Waals surface area contributed by atoms with E-state index in [0.29, 0.717) is 11.3 Å². The van der Waals surface area contributed by atoms with Gasteiger partial charge < -0.3 is 9.84 Å². The van der Waals surface area contributed by atoms with Crippen LogP contribution in [0.4, 0.5) is 0 Å². The fourth-order valence-corrected chi connectivity index (χ4v) is 3.18. The molecule has 0 aromatic heterocycles. The number of allylic oxidation sites excluding steroid dienone is 2. The third-order valence-corrected chi connectivity index (χ3v) is 3.77. The van der Waals surface area contributed by atoms with Crippen LogP contribution in [0.1, 0.15) is 19.3 Å². The van der Waals surface area contributed by atoms with Crippen molar-refractivity contribution in [2.24, 2.45) is 17.3 Å². The van der Waals surface area contributed by atoms with Crippen LogP contribution < -0.4 is 0 Å². The third kappa shape index (κ3) is 0.771. The summed E-state index contributed by atoms with van der Waals surface area (Å²) in [6.45, 7) is 0.777. The highest BCUT2D eigenvalue weighted by Crippen LogP contribution is 2.56. The maximum atomic E-state index is 9.34. The normalized spacial score (nSPS) is 55.9. The van der Waals surface area contributed by atoms with Crippen molar-refractivity contribution in [3.63, 3.8) is 0 Å². The molecular formula is C10H14O2. The molecule has 66 valence electrons. The van der Waals surface area contributed by atoms with Crippen LogP contribution in [0.15, 0.2) is 12.2 Å². The maximum Gasteiger partial charge on any atom is 0.155 e. The van der Waals surface area contributed by atoms with E-state index in [9.17, 15) is 5.11 Å². The van der Waals surface area contributed by atoms with Crippen LogP contribution in [0.2, 0.25) is 0 Å². The highest BCUT2D eigenvalue weighted by molar-refractivity contribution is 5.16. The highest BCUT2D eigenvalue weighted by Gasteiger charge is 2.52. The molecule has 1 aliphatic heterocycles. The molecule has 0 aromatic rings. The van der Waals surface area contributed by atoms with E-state index in [4.69, 9.17) is 4.74 Å². The number of fused-ring (bicyclic) bond motifs is 3. The Morgan fingerprint density at radius 3 is 2.75 bits per heavy atom. The number of hydrogen-bond donors (Lipinski definition) is 1. The van der Waals surface area contributed by atoms with E-state index >= 15 is 0 Å². The minimum Gasteiger partial charge on any atom is -0.368 e. The Kier molecular flexibility index (Phi) is 1.25. The molecule has 1 N–H and O–H groups in total. The SMILES string of the molecule is OC1CC2(CO1)CC1C=CC2C1. The summed E-state index contributed by atoms with van der Waals surface area (Å²) in [7, 11) is 0. The topological polar surface area (TPSA) is 29.5 Å². The Bertz CT molecular complexity index is 236. The van der Waals surface area contributed by atoms with E-state index in [-0.39, 0.29) is 0 Å². The summed E-state index contributed by atoms with van der Waals surface area (Å²) in [6, 6.07) is 0. The first kappa shape index (κ1) is 7.10. The molecule has 12 heavy (non-hydrogen) atoms. The van der Waals surface area contributed by atoms with Crippen LogP contribution in [0.5, 0.6) is 0 Å². The van der Waals surface area contributed by atoms with Crippen molar-refractivity contribution < 1.29 is 9.84 Å². The first-order valence-electron chi connectivity index (χ1n) is 4.76. The molecule has 3 rings (SSSR count). The lowest BCUT2D eigenvalue weighted by molar-refractivity contribution is -0.0597. The molecule has 0 radical (unpaired) electrons. The maximum absolute atomic E-state index is 9.34. The van der Waals surface area contributed by atoms with Crippen LogP contribution in [0.25, 0.3) is 0 Å². The predicted octanol–water partition coefficient (Wildman–Crippen LogP) is 1.31. The Morgan fingerprint density at radius 2 is 2.25 bits per heavy atom. The van der Waals surface area contributed by atoms with Crippen LogP contribution in [0.3, 0.4) is 0 Å². The van der Waals surface area contributed by atoms with Gasteiger partial charge in [0.2, 0.25) is 0 Å². The molecule has 4 unspecified atom stereocenters. The Labute approximate surface area is 72.2 Å². The quantitative estimate of drug-likeness (QED) is 0.550. The van der Waals surface area contributed by atoms with Gasteiger partial charge in [0.05, 0.1) is 6.61 Å². The van der Waals surface area contributed by atoms with E-state index < -0.39 is 6.29 Å². The third-order valence-electron chi connectivity index (χ3n) is 3.77. The van der Waals surface area contributed by atoms with E-state index in [1.54, 1.807) is 0 Å². The Hall–Kier alpha value is -0.340. The Balaban J connectivity index is 1.89. The molecule has 1 saturated heterocycles. The zero-order valence-corrected chi connectivity index (χ0v) is 7.07. The molecule has 3 aliphatic rings. The van der Waals surface area contributed by atoms with E-state index in [1.165, 1.54) is 12.8 Å². The zero-order valence-electron chi connectivity index (χ0n) is 7.07. The van der Waals surface area contributed by atoms with Gasteiger partial charge in [0.1, 0.15) is 0 Å². The fourth-order valence-electron chi connectivity index (χ4n) is 3.18. The summed E-state index contributed by atoms with van der Waals surface area (Å²) in [5, 5.41) is 9.34. The molecule has 0 amide bonds. The van der Waals surface area contributed by atoms with Crippen molar-refractivity contribution in [2.45, 2.75) is 25.6 Å². The number of hydrogen-bond acceptors (Lipinski definition) is 2. The van der Waals surface area contributed by atoms with Gasteiger partial charge in [-0.1, -0.05) is 12.2 Å². The van der Waals surface area contributed by atoms with Gasteiger partial charge in [-0.2, -0.15) is 0 Å². The van der Waals surface area contributed by atoms with Crippen molar-refractivity contribution in [2.75, 3.05) is 6.61 Å². The minimum atomic E-state index is -0.488. The lowest BCUT2D eigenvalue weighted by atomic mass is 9.75. The molecule has 2 fully saturated rings. The second kappa shape index (κ2) is 2.12. The summed E-state index contributed by atoms with van der Waals surface area (Å²) in [5.74, 6) is 1.48. The number of rotatable bonds is 0. The van der Waals surface area contributed by atoms with Crippen LogP contribution in [-0.4, -0.2) is 18.0 Å². The molecule has 2 nitrogen and oxygen atoms in total. The van der Waals surface area contributed by atoms with Crippen molar-refractivity contribution in [1.29, 1.82) is 0 Å². The van der Waals surface area contributed by atoms with Gasteiger partial charge in [0.15, 0.2) is 6.29 Å². The van der Waals surface area contributed by atoms with Gasteiger partial charge in [0.25, 0.3) is 0 Å². The largest absolute Gasteiger partial charge is 0.368 e. The number of ether oxygens (including phenoxy) is 1. The van der Waals surface area contributed by atoms with Gasteiger partial charge in [-0.15, -0.1) is 0 Å². The summed E-state index contributed by atoms with van der Waals surface area (Å²) in [5.41, 5.74) is 0.318. The molecule has 1 heterocycles. The molecule has 0 aromatic carbocycles. The second-order valence-electron chi connectivity index (χ2n) is 4.52. The smallest absolute Gasteiger partial charge is 0.155 e. The average molecular weight is 166 g/mol. The first-order chi connectivity index (χ1) is 5.78.